The molecule has 2 unspecified atom stereocenters. The Labute approximate surface area is 87.7 Å². The van der Waals surface area contributed by atoms with Crippen LogP contribution in [0.1, 0.15) is 6.42 Å². The number of hydrogen-bond donors (Lipinski definition) is 2. The van der Waals surface area contributed by atoms with Crippen LogP contribution in [0.2, 0.25) is 0 Å². The van der Waals surface area contributed by atoms with Crippen LogP contribution < -0.4 is 0 Å². The van der Waals surface area contributed by atoms with Crippen molar-refractivity contribution >= 4 is 28.1 Å². The molecule has 0 fully saturated rings. The first-order valence-corrected chi connectivity index (χ1v) is 6.11. The van der Waals surface area contributed by atoms with Crippen LogP contribution in [0.5, 0.6) is 0 Å². The van der Waals surface area contributed by atoms with Crippen molar-refractivity contribution in [3.8, 4) is 0 Å². The second-order valence-electron chi connectivity index (χ2n) is 2.70. The first-order chi connectivity index (χ1) is 6.59. The van der Waals surface area contributed by atoms with Crippen LogP contribution in [0.4, 0.5) is 0 Å². The molecule has 2 N–H and O–H groups in total. The fourth-order valence-corrected chi connectivity index (χ4v) is 3.02. The third-order valence-electron chi connectivity index (χ3n) is 1.47. The van der Waals surface area contributed by atoms with E-state index in [0.717, 1.165) is 0 Å². The summed E-state index contributed by atoms with van der Waals surface area (Å²) in [5.74, 6) is -1.10. The molecule has 0 amide bonds. The van der Waals surface area contributed by atoms with Gasteiger partial charge in [-0.15, -0.1) is 11.3 Å². The van der Waals surface area contributed by atoms with E-state index in [-0.39, 0.29) is 12.2 Å². The Morgan fingerprint density at radius 3 is 2.86 bits per heavy atom. The first kappa shape index (κ1) is 11.4. The smallest absolute Gasteiger partial charge is 0.306 e. The highest BCUT2D eigenvalue weighted by molar-refractivity contribution is 7.87. The van der Waals surface area contributed by atoms with Crippen LogP contribution in [0, 0.1) is 0 Å². The number of rotatable bonds is 5. The summed E-state index contributed by atoms with van der Waals surface area (Å²) in [5.41, 5.74) is 0. The average Bonchev–Trinajstić information content (AvgIpc) is 2.53. The normalized spacial score (nSPS) is 14.9. The van der Waals surface area contributed by atoms with E-state index < -0.39 is 22.9 Å². The van der Waals surface area contributed by atoms with Crippen molar-refractivity contribution < 1.29 is 19.2 Å². The van der Waals surface area contributed by atoms with Gasteiger partial charge in [0, 0.05) is 0 Å². The molecule has 0 bridgehead atoms. The van der Waals surface area contributed by atoms with Crippen LogP contribution in [0.3, 0.4) is 0 Å². The van der Waals surface area contributed by atoms with Gasteiger partial charge >= 0.3 is 5.97 Å². The molecular weight excluding hydrogens is 224 g/mol. The number of aliphatic hydroxyl groups excluding tert-OH is 1. The van der Waals surface area contributed by atoms with Crippen molar-refractivity contribution in [2.75, 3.05) is 5.75 Å². The molecule has 14 heavy (non-hydrogen) atoms. The van der Waals surface area contributed by atoms with Crippen LogP contribution in [-0.2, 0) is 15.6 Å². The predicted molar refractivity (Wildman–Crippen MR) is 53.9 cm³/mol. The second kappa shape index (κ2) is 5.23. The molecule has 0 spiro atoms. The summed E-state index contributed by atoms with van der Waals surface area (Å²) in [6.45, 7) is 0. The van der Waals surface area contributed by atoms with Gasteiger partial charge in [0.25, 0.3) is 0 Å². The molecule has 0 saturated heterocycles. The van der Waals surface area contributed by atoms with Crippen molar-refractivity contribution in [2.45, 2.75) is 16.7 Å². The van der Waals surface area contributed by atoms with Gasteiger partial charge in [0.1, 0.15) is 0 Å². The van der Waals surface area contributed by atoms with Gasteiger partial charge in [-0.3, -0.25) is 9.00 Å². The maximum absolute atomic E-state index is 11.5. The van der Waals surface area contributed by atoms with Gasteiger partial charge in [0.15, 0.2) is 0 Å². The van der Waals surface area contributed by atoms with Crippen LogP contribution in [0.15, 0.2) is 21.7 Å². The lowest BCUT2D eigenvalue weighted by atomic mass is 10.3. The van der Waals surface area contributed by atoms with E-state index in [2.05, 4.69) is 0 Å². The molecule has 4 nitrogen and oxygen atoms in total. The molecular formula is C8H10O4S2. The topological polar surface area (TPSA) is 74.6 Å². The molecule has 0 saturated carbocycles. The molecule has 0 aromatic carbocycles. The number of carbonyl (C=O) groups is 1. The molecule has 1 aromatic rings. The van der Waals surface area contributed by atoms with Crippen molar-refractivity contribution in [3.63, 3.8) is 0 Å². The maximum atomic E-state index is 11.5. The fraction of sp³-hybridized carbons (Fsp3) is 0.375. The molecule has 0 radical (unpaired) electrons. The summed E-state index contributed by atoms with van der Waals surface area (Å²) < 4.78 is 12.1. The molecule has 0 aliphatic carbocycles. The Hall–Kier alpha value is -0.720. The Bertz CT molecular complexity index is 320. The number of hydrogen-bond acceptors (Lipinski definition) is 4. The minimum absolute atomic E-state index is 0.0210. The zero-order valence-corrected chi connectivity index (χ0v) is 8.88. The number of carboxylic acids is 1. The van der Waals surface area contributed by atoms with Crippen molar-refractivity contribution in [2.24, 2.45) is 0 Å². The standard InChI is InChI=1S/C8H10O4S2/c9-6(4-7(10)11)5-14(12)8-2-1-3-13-8/h1-3,6,9H,4-5H2,(H,10,11). The van der Waals surface area contributed by atoms with Crippen LogP contribution in [-0.4, -0.2) is 32.2 Å². The van der Waals surface area contributed by atoms with Crippen molar-refractivity contribution in [1.29, 1.82) is 0 Å². The highest BCUT2D eigenvalue weighted by Gasteiger charge is 2.14. The number of carboxylic acid groups (broad SMARTS) is 1. The summed E-state index contributed by atoms with van der Waals surface area (Å²) in [4.78, 5) is 10.2. The lowest BCUT2D eigenvalue weighted by Gasteiger charge is -2.05. The zero-order valence-electron chi connectivity index (χ0n) is 7.25. The van der Waals surface area contributed by atoms with E-state index in [4.69, 9.17) is 5.11 Å². The van der Waals surface area contributed by atoms with Gasteiger partial charge in [-0.05, 0) is 11.4 Å². The molecule has 1 aromatic heterocycles. The SMILES string of the molecule is O=C(O)CC(O)CS(=O)c1cccs1. The highest BCUT2D eigenvalue weighted by Crippen LogP contribution is 2.14. The Kier molecular flexibility index (Phi) is 4.24. The zero-order chi connectivity index (χ0) is 10.6. The molecule has 78 valence electrons. The number of aliphatic carboxylic acids is 1. The van der Waals surface area contributed by atoms with E-state index in [1.807, 2.05) is 0 Å². The Balaban J connectivity index is 2.45. The highest BCUT2D eigenvalue weighted by atomic mass is 32.2. The average molecular weight is 234 g/mol. The molecule has 0 aliphatic heterocycles. The van der Waals surface area contributed by atoms with Gasteiger partial charge in [-0.25, -0.2) is 0 Å². The number of thiophene rings is 1. The van der Waals surface area contributed by atoms with E-state index >= 15 is 0 Å². The van der Waals surface area contributed by atoms with Gasteiger partial charge in [-0.2, -0.15) is 0 Å². The second-order valence-corrected chi connectivity index (χ2v) is 5.37. The van der Waals surface area contributed by atoms with E-state index in [9.17, 15) is 14.1 Å². The van der Waals surface area contributed by atoms with Gasteiger partial charge in [0.2, 0.25) is 0 Å². The number of aliphatic hydroxyl groups is 1. The van der Waals surface area contributed by atoms with E-state index in [0.29, 0.717) is 4.21 Å². The molecule has 2 atom stereocenters. The maximum Gasteiger partial charge on any atom is 0.306 e. The van der Waals surface area contributed by atoms with Crippen LogP contribution >= 0.6 is 11.3 Å². The summed E-state index contributed by atoms with van der Waals surface area (Å²) in [5, 5.41) is 19.4. The van der Waals surface area contributed by atoms with E-state index in [1.165, 1.54) is 11.3 Å². The van der Waals surface area contributed by atoms with Gasteiger partial charge in [0.05, 0.1) is 33.3 Å². The molecule has 1 heterocycles. The third-order valence-corrected chi connectivity index (χ3v) is 4.25. The summed E-state index contributed by atoms with van der Waals surface area (Å²) >= 11 is 1.33. The molecule has 1 rings (SSSR count). The summed E-state index contributed by atoms with van der Waals surface area (Å²) in [6, 6.07) is 3.47. The quantitative estimate of drug-likeness (QED) is 0.786. The van der Waals surface area contributed by atoms with Crippen LogP contribution in [0.25, 0.3) is 0 Å². The summed E-state index contributed by atoms with van der Waals surface area (Å²) in [7, 11) is -1.29. The Morgan fingerprint density at radius 1 is 1.64 bits per heavy atom. The van der Waals surface area contributed by atoms with Crippen molar-refractivity contribution in [1.82, 2.24) is 0 Å². The summed E-state index contributed by atoms with van der Waals surface area (Å²) in [6.07, 6.45) is -1.41. The lowest BCUT2D eigenvalue weighted by molar-refractivity contribution is -0.138. The fourth-order valence-electron chi connectivity index (χ4n) is 0.910. The minimum Gasteiger partial charge on any atom is -0.481 e. The monoisotopic (exact) mass is 234 g/mol. The van der Waals surface area contributed by atoms with Gasteiger partial charge in [-0.1, -0.05) is 6.07 Å². The largest absolute Gasteiger partial charge is 0.481 e. The first-order valence-electron chi connectivity index (χ1n) is 3.91. The lowest BCUT2D eigenvalue weighted by Crippen LogP contribution is -2.20. The Morgan fingerprint density at radius 2 is 2.36 bits per heavy atom. The minimum atomic E-state index is -1.29. The molecule has 0 aliphatic rings. The van der Waals surface area contributed by atoms with Gasteiger partial charge < -0.3 is 10.2 Å². The molecule has 6 heteroatoms. The van der Waals surface area contributed by atoms with Crippen molar-refractivity contribution in [3.05, 3.63) is 17.5 Å². The third kappa shape index (κ3) is 3.57. The predicted octanol–water partition coefficient (Wildman–Crippen LogP) is 0.691. The van der Waals surface area contributed by atoms with E-state index in [1.54, 1.807) is 17.5 Å².